The number of amides is 1. The van der Waals surface area contributed by atoms with Gasteiger partial charge in [0.1, 0.15) is 5.56 Å². The molecule has 0 unspecified atom stereocenters. The third-order valence-electron chi connectivity index (χ3n) is 9.82. The van der Waals surface area contributed by atoms with E-state index in [0.717, 1.165) is 24.9 Å². The lowest BCUT2D eigenvalue weighted by Gasteiger charge is -2.54. The van der Waals surface area contributed by atoms with Gasteiger partial charge in [-0.05, 0) is 100 Å². The van der Waals surface area contributed by atoms with Crippen molar-refractivity contribution in [3.8, 4) is 5.88 Å². The first kappa shape index (κ1) is 22.9. The molecule has 0 spiro atoms. The molecule has 0 aromatic carbocycles. The molecule has 6 fully saturated rings. The van der Waals surface area contributed by atoms with E-state index in [0.29, 0.717) is 41.8 Å². The molecule has 6 heteroatoms. The topological polar surface area (TPSA) is 59.4 Å². The van der Waals surface area contributed by atoms with Crippen molar-refractivity contribution in [1.29, 1.82) is 0 Å². The van der Waals surface area contributed by atoms with E-state index in [1.165, 1.54) is 96.6 Å². The predicted molar refractivity (Wildman–Crippen MR) is 133 cm³/mol. The predicted octanol–water partition coefficient (Wildman–Crippen LogP) is 4.88. The Balaban J connectivity index is 1.15. The fourth-order valence-electron chi connectivity index (χ4n) is 8.20. The summed E-state index contributed by atoms with van der Waals surface area (Å²) in [5.74, 6) is 4.57. The van der Waals surface area contributed by atoms with E-state index < -0.39 is 0 Å². The highest BCUT2D eigenvalue weighted by atomic mass is 16.5. The van der Waals surface area contributed by atoms with Crippen molar-refractivity contribution in [3.63, 3.8) is 0 Å². The van der Waals surface area contributed by atoms with Crippen LogP contribution in [0.25, 0.3) is 0 Å². The number of nitrogens with one attached hydrogen (secondary N) is 1. The summed E-state index contributed by atoms with van der Waals surface area (Å²) >= 11 is 0. The Hall–Kier alpha value is -1.56. The van der Waals surface area contributed by atoms with Crippen LogP contribution in [0.1, 0.15) is 93.8 Å². The van der Waals surface area contributed by atoms with Crippen LogP contribution in [0.2, 0.25) is 0 Å². The van der Waals surface area contributed by atoms with Gasteiger partial charge in [-0.2, -0.15) is 5.10 Å². The molecule has 188 valence electrons. The SMILES string of the molecule is O=C(NC1C2CC3CC(C2)CC1C3)c1cnn(CCN2CCCCC2)c1OCC1CCCCC1. The van der Waals surface area contributed by atoms with Crippen molar-refractivity contribution in [2.24, 2.45) is 29.6 Å². The number of rotatable bonds is 8. The van der Waals surface area contributed by atoms with E-state index in [-0.39, 0.29) is 5.91 Å². The van der Waals surface area contributed by atoms with Gasteiger partial charge >= 0.3 is 0 Å². The first-order valence-corrected chi connectivity index (χ1v) is 14.4. The van der Waals surface area contributed by atoms with Gasteiger partial charge in [-0.1, -0.05) is 25.7 Å². The molecule has 1 aromatic heterocycles. The van der Waals surface area contributed by atoms with Crippen LogP contribution in [0.3, 0.4) is 0 Å². The molecule has 5 saturated carbocycles. The van der Waals surface area contributed by atoms with Gasteiger partial charge in [-0.3, -0.25) is 4.79 Å². The van der Waals surface area contributed by atoms with Crippen LogP contribution < -0.4 is 10.1 Å². The number of hydrogen-bond acceptors (Lipinski definition) is 4. The summed E-state index contributed by atoms with van der Waals surface area (Å²) in [6.45, 7) is 4.86. The van der Waals surface area contributed by atoms with Crippen LogP contribution in [-0.4, -0.2) is 52.9 Å². The third-order valence-corrected chi connectivity index (χ3v) is 9.82. The zero-order valence-corrected chi connectivity index (χ0v) is 20.9. The van der Waals surface area contributed by atoms with Crippen molar-refractivity contribution >= 4 is 5.91 Å². The summed E-state index contributed by atoms with van der Waals surface area (Å²) in [7, 11) is 0. The fraction of sp³-hybridized carbons (Fsp3) is 0.857. The maximum Gasteiger partial charge on any atom is 0.258 e. The Morgan fingerprint density at radius 2 is 1.59 bits per heavy atom. The zero-order chi connectivity index (χ0) is 22.9. The smallest absolute Gasteiger partial charge is 0.258 e. The quantitative estimate of drug-likeness (QED) is 0.591. The number of carbonyl (C=O) groups is 1. The van der Waals surface area contributed by atoms with Gasteiger partial charge < -0.3 is 15.0 Å². The molecule has 6 nitrogen and oxygen atoms in total. The van der Waals surface area contributed by atoms with Crippen molar-refractivity contribution in [1.82, 2.24) is 20.0 Å². The van der Waals surface area contributed by atoms with E-state index in [1.54, 1.807) is 6.20 Å². The molecule has 0 radical (unpaired) electrons. The number of aromatic nitrogens is 2. The lowest BCUT2D eigenvalue weighted by atomic mass is 9.54. The van der Waals surface area contributed by atoms with Gasteiger partial charge in [0.2, 0.25) is 5.88 Å². The maximum absolute atomic E-state index is 13.6. The number of likely N-dealkylation sites (tertiary alicyclic amines) is 1. The van der Waals surface area contributed by atoms with Gasteiger partial charge in [0, 0.05) is 12.6 Å². The molecule has 1 aliphatic heterocycles. The van der Waals surface area contributed by atoms with Crippen molar-refractivity contribution < 1.29 is 9.53 Å². The average molecular weight is 469 g/mol. The van der Waals surface area contributed by atoms with Gasteiger partial charge in [-0.15, -0.1) is 0 Å². The highest BCUT2D eigenvalue weighted by Crippen LogP contribution is 2.53. The molecule has 5 aliphatic carbocycles. The molecule has 4 bridgehead atoms. The molecule has 2 heterocycles. The number of nitrogens with zero attached hydrogens (tertiary/aromatic N) is 3. The monoisotopic (exact) mass is 468 g/mol. The molecule has 1 amide bonds. The Bertz CT molecular complexity index is 811. The third kappa shape index (κ3) is 4.89. The number of ether oxygens (including phenoxy) is 1. The summed E-state index contributed by atoms with van der Waals surface area (Å²) < 4.78 is 8.41. The fourth-order valence-corrected chi connectivity index (χ4v) is 8.20. The molecule has 1 aromatic rings. The van der Waals surface area contributed by atoms with E-state index in [4.69, 9.17) is 4.74 Å². The minimum Gasteiger partial charge on any atom is -0.477 e. The standard InChI is InChI=1S/C28H44N4O2/c33-27(30-26-23-14-21-13-22(16-23)17-24(26)15-21)25-18-29-32(12-11-31-9-5-2-6-10-31)28(25)34-19-20-7-3-1-4-8-20/h18,20-24,26H,1-17,19H2,(H,30,33). The molecule has 1 N–H and O–H groups in total. The summed E-state index contributed by atoms with van der Waals surface area (Å²) in [6.07, 6.45) is 18.9. The van der Waals surface area contributed by atoms with E-state index >= 15 is 0 Å². The van der Waals surface area contributed by atoms with Crippen LogP contribution in [0, 0.1) is 29.6 Å². The Morgan fingerprint density at radius 3 is 2.29 bits per heavy atom. The molecular formula is C28H44N4O2. The first-order chi connectivity index (χ1) is 16.7. The molecule has 1 saturated heterocycles. The highest BCUT2D eigenvalue weighted by Gasteiger charge is 2.48. The Kier molecular flexibility index (Phi) is 6.86. The molecule has 7 rings (SSSR count). The number of hydrogen-bond donors (Lipinski definition) is 1. The first-order valence-electron chi connectivity index (χ1n) is 14.4. The molecular weight excluding hydrogens is 424 g/mol. The summed E-state index contributed by atoms with van der Waals surface area (Å²) in [6, 6.07) is 0.350. The van der Waals surface area contributed by atoms with E-state index in [2.05, 4.69) is 15.3 Å². The Labute approximate surface area is 205 Å². The molecule has 6 aliphatic rings. The Morgan fingerprint density at radius 1 is 0.912 bits per heavy atom. The minimum atomic E-state index is 0.0420. The van der Waals surface area contributed by atoms with Crippen LogP contribution >= 0.6 is 0 Å². The second kappa shape index (κ2) is 10.2. The van der Waals surface area contributed by atoms with Crippen molar-refractivity contribution in [2.45, 2.75) is 96.1 Å². The summed E-state index contributed by atoms with van der Waals surface area (Å²) in [4.78, 5) is 16.1. The zero-order valence-electron chi connectivity index (χ0n) is 20.9. The van der Waals surface area contributed by atoms with Crippen LogP contribution in [0.15, 0.2) is 6.20 Å². The van der Waals surface area contributed by atoms with E-state index in [9.17, 15) is 4.79 Å². The van der Waals surface area contributed by atoms with Crippen molar-refractivity contribution in [3.05, 3.63) is 11.8 Å². The largest absolute Gasteiger partial charge is 0.477 e. The van der Waals surface area contributed by atoms with Gasteiger partial charge in [0.25, 0.3) is 5.91 Å². The summed E-state index contributed by atoms with van der Waals surface area (Å²) in [5, 5.41) is 8.17. The second-order valence-corrected chi connectivity index (χ2v) is 12.2. The van der Waals surface area contributed by atoms with Crippen LogP contribution in [0.4, 0.5) is 0 Å². The minimum absolute atomic E-state index is 0.0420. The number of carbonyl (C=O) groups excluding carboxylic acids is 1. The van der Waals surface area contributed by atoms with Gasteiger partial charge in [0.15, 0.2) is 0 Å². The number of piperidine rings is 1. The maximum atomic E-state index is 13.6. The normalized spacial score (nSPS) is 33.8. The highest BCUT2D eigenvalue weighted by molar-refractivity contribution is 5.96. The molecule has 0 atom stereocenters. The van der Waals surface area contributed by atoms with Gasteiger partial charge in [0.05, 0.1) is 19.3 Å². The van der Waals surface area contributed by atoms with Gasteiger partial charge in [-0.25, -0.2) is 4.68 Å². The lowest BCUT2D eigenvalue weighted by molar-refractivity contribution is -0.0120. The summed E-state index contributed by atoms with van der Waals surface area (Å²) in [5.41, 5.74) is 0.656. The van der Waals surface area contributed by atoms with Crippen molar-refractivity contribution in [2.75, 3.05) is 26.2 Å². The van der Waals surface area contributed by atoms with E-state index in [1.807, 2.05) is 4.68 Å². The average Bonchev–Trinajstić information content (AvgIpc) is 3.27. The molecule has 34 heavy (non-hydrogen) atoms. The lowest BCUT2D eigenvalue weighted by Crippen LogP contribution is -2.55. The van der Waals surface area contributed by atoms with Crippen LogP contribution in [-0.2, 0) is 6.54 Å². The second-order valence-electron chi connectivity index (χ2n) is 12.2. The van der Waals surface area contributed by atoms with Crippen LogP contribution in [0.5, 0.6) is 5.88 Å².